The molecule has 18 heavy (non-hydrogen) atoms. The Morgan fingerprint density at radius 1 is 1.17 bits per heavy atom. The van der Waals surface area contributed by atoms with E-state index in [9.17, 15) is 0 Å². The molecular weight excluding hydrogens is 291 g/mol. The van der Waals surface area contributed by atoms with Gasteiger partial charge in [0.25, 0.3) is 0 Å². The first-order valence-corrected chi connectivity index (χ1v) is 6.86. The SMILES string of the molecule is CCCNc1cc(C)nc2c(Cl)cc(Cl)c(Cl)c12. The molecular formula is C13H13Cl3N2. The minimum atomic E-state index is 0.444. The quantitative estimate of drug-likeness (QED) is 0.776. The highest BCUT2D eigenvalue weighted by molar-refractivity contribution is 6.48. The van der Waals surface area contributed by atoms with Crippen LogP contribution in [0.4, 0.5) is 5.69 Å². The van der Waals surface area contributed by atoms with Crippen LogP contribution in [0.3, 0.4) is 0 Å². The van der Waals surface area contributed by atoms with E-state index in [4.69, 9.17) is 34.8 Å². The first kappa shape index (κ1) is 13.7. The Bertz CT molecular complexity index is 597. The van der Waals surface area contributed by atoms with Crippen LogP contribution in [0.2, 0.25) is 15.1 Å². The summed E-state index contributed by atoms with van der Waals surface area (Å²) in [6.07, 6.45) is 1.02. The van der Waals surface area contributed by atoms with Crippen molar-refractivity contribution in [3.63, 3.8) is 0 Å². The normalized spacial score (nSPS) is 10.9. The van der Waals surface area contributed by atoms with Crippen molar-refractivity contribution in [1.29, 1.82) is 0 Å². The van der Waals surface area contributed by atoms with Gasteiger partial charge in [0, 0.05) is 23.3 Å². The molecule has 0 atom stereocenters. The summed E-state index contributed by atoms with van der Waals surface area (Å²) in [5, 5.41) is 5.57. The molecule has 0 bridgehead atoms. The van der Waals surface area contributed by atoms with E-state index in [1.165, 1.54) is 0 Å². The minimum Gasteiger partial charge on any atom is -0.384 e. The molecule has 0 saturated heterocycles. The molecule has 0 amide bonds. The van der Waals surface area contributed by atoms with Gasteiger partial charge in [0.1, 0.15) is 0 Å². The molecule has 0 aliphatic rings. The number of fused-ring (bicyclic) bond motifs is 1. The first-order valence-electron chi connectivity index (χ1n) is 5.73. The van der Waals surface area contributed by atoms with Gasteiger partial charge < -0.3 is 5.32 Å². The zero-order valence-electron chi connectivity index (χ0n) is 10.2. The summed E-state index contributed by atoms with van der Waals surface area (Å²) in [7, 11) is 0. The summed E-state index contributed by atoms with van der Waals surface area (Å²) < 4.78 is 0. The third kappa shape index (κ3) is 2.51. The topological polar surface area (TPSA) is 24.9 Å². The molecule has 0 spiro atoms. The van der Waals surface area contributed by atoms with Gasteiger partial charge in [-0.25, -0.2) is 0 Å². The molecule has 0 saturated carbocycles. The van der Waals surface area contributed by atoms with Gasteiger partial charge in [0.05, 0.1) is 20.6 Å². The molecule has 1 N–H and O–H groups in total. The number of nitrogens with zero attached hydrogens (tertiary/aromatic N) is 1. The fourth-order valence-corrected chi connectivity index (χ4v) is 2.58. The fourth-order valence-electron chi connectivity index (χ4n) is 1.83. The predicted molar refractivity (Wildman–Crippen MR) is 80.3 cm³/mol. The zero-order chi connectivity index (χ0) is 13.3. The Morgan fingerprint density at radius 3 is 2.56 bits per heavy atom. The van der Waals surface area contributed by atoms with Gasteiger partial charge in [0.15, 0.2) is 0 Å². The van der Waals surface area contributed by atoms with Crippen LogP contribution in [0.15, 0.2) is 12.1 Å². The Balaban J connectivity index is 2.75. The maximum absolute atomic E-state index is 6.26. The van der Waals surface area contributed by atoms with Gasteiger partial charge in [-0.3, -0.25) is 4.98 Å². The van der Waals surface area contributed by atoms with E-state index in [0.29, 0.717) is 20.6 Å². The number of pyridine rings is 1. The molecule has 5 heteroatoms. The summed E-state index contributed by atoms with van der Waals surface area (Å²) in [5.74, 6) is 0. The van der Waals surface area contributed by atoms with Crippen LogP contribution in [0.5, 0.6) is 0 Å². The van der Waals surface area contributed by atoms with Crippen molar-refractivity contribution in [2.45, 2.75) is 20.3 Å². The lowest BCUT2D eigenvalue weighted by Gasteiger charge is -2.13. The van der Waals surface area contributed by atoms with E-state index in [-0.39, 0.29) is 0 Å². The number of anilines is 1. The smallest absolute Gasteiger partial charge is 0.0928 e. The fraction of sp³-hybridized carbons (Fsp3) is 0.308. The Hall–Kier alpha value is -0.700. The van der Waals surface area contributed by atoms with Gasteiger partial charge in [-0.2, -0.15) is 0 Å². The number of aryl methyl sites for hydroxylation is 1. The number of aromatic nitrogens is 1. The van der Waals surface area contributed by atoms with E-state index < -0.39 is 0 Å². The van der Waals surface area contributed by atoms with Gasteiger partial charge >= 0.3 is 0 Å². The monoisotopic (exact) mass is 302 g/mol. The van der Waals surface area contributed by atoms with Gasteiger partial charge in [-0.05, 0) is 25.5 Å². The van der Waals surface area contributed by atoms with E-state index in [1.54, 1.807) is 6.07 Å². The molecule has 1 heterocycles. The van der Waals surface area contributed by atoms with Crippen LogP contribution in [0, 0.1) is 6.92 Å². The molecule has 1 aromatic carbocycles. The molecule has 0 radical (unpaired) electrons. The van der Waals surface area contributed by atoms with Crippen LogP contribution in [-0.2, 0) is 0 Å². The molecule has 2 aromatic rings. The maximum atomic E-state index is 6.26. The van der Waals surface area contributed by atoms with Crippen LogP contribution < -0.4 is 5.32 Å². The van der Waals surface area contributed by atoms with E-state index in [2.05, 4.69) is 17.2 Å². The molecule has 0 fully saturated rings. The number of hydrogen-bond acceptors (Lipinski definition) is 2. The van der Waals surface area contributed by atoms with Crippen LogP contribution in [-0.4, -0.2) is 11.5 Å². The van der Waals surface area contributed by atoms with Crippen LogP contribution in [0.25, 0.3) is 10.9 Å². The van der Waals surface area contributed by atoms with E-state index in [1.807, 2.05) is 13.0 Å². The van der Waals surface area contributed by atoms with Crippen LogP contribution >= 0.6 is 34.8 Å². The summed E-state index contributed by atoms with van der Waals surface area (Å²) in [4.78, 5) is 4.43. The van der Waals surface area contributed by atoms with E-state index >= 15 is 0 Å². The lowest BCUT2D eigenvalue weighted by atomic mass is 10.1. The highest BCUT2D eigenvalue weighted by Gasteiger charge is 2.14. The lowest BCUT2D eigenvalue weighted by Crippen LogP contribution is -2.02. The minimum absolute atomic E-state index is 0.444. The Kier molecular flexibility index (Phi) is 4.21. The number of hydrogen-bond donors (Lipinski definition) is 1. The Morgan fingerprint density at radius 2 is 1.89 bits per heavy atom. The molecule has 0 aliphatic heterocycles. The molecule has 2 nitrogen and oxygen atoms in total. The third-order valence-corrected chi connectivity index (χ3v) is 3.70. The van der Waals surface area contributed by atoms with Crippen molar-refractivity contribution in [3.05, 3.63) is 32.9 Å². The molecule has 0 aliphatic carbocycles. The van der Waals surface area contributed by atoms with Crippen molar-refractivity contribution in [2.24, 2.45) is 0 Å². The highest BCUT2D eigenvalue weighted by Crippen LogP contribution is 2.39. The first-order chi connectivity index (χ1) is 8.54. The van der Waals surface area contributed by atoms with E-state index in [0.717, 1.165) is 29.7 Å². The lowest BCUT2D eigenvalue weighted by molar-refractivity contribution is 0.980. The highest BCUT2D eigenvalue weighted by atomic mass is 35.5. The van der Waals surface area contributed by atoms with Crippen molar-refractivity contribution < 1.29 is 0 Å². The average Bonchev–Trinajstić information content (AvgIpc) is 2.33. The molecule has 96 valence electrons. The second-order valence-corrected chi connectivity index (χ2v) is 5.31. The van der Waals surface area contributed by atoms with Crippen molar-refractivity contribution in [1.82, 2.24) is 4.98 Å². The standard InChI is InChI=1S/C13H13Cl3N2/c1-3-4-17-10-5-7(2)18-13-9(15)6-8(14)12(16)11(10)13/h5-6H,3-4H2,1-2H3,(H,17,18). The van der Waals surface area contributed by atoms with Gasteiger partial charge in [-0.15, -0.1) is 0 Å². The molecule has 1 aromatic heterocycles. The number of benzene rings is 1. The van der Waals surface area contributed by atoms with Crippen molar-refractivity contribution >= 4 is 51.4 Å². The molecule has 2 rings (SSSR count). The number of rotatable bonds is 3. The number of halogens is 3. The summed E-state index contributed by atoms with van der Waals surface area (Å²) in [6.45, 7) is 4.89. The Labute approximate surface area is 121 Å². The average molecular weight is 304 g/mol. The summed E-state index contributed by atoms with van der Waals surface area (Å²) >= 11 is 18.5. The maximum Gasteiger partial charge on any atom is 0.0928 e. The zero-order valence-corrected chi connectivity index (χ0v) is 12.4. The summed E-state index contributed by atoms with van der Waals surface area (Å²) in [6, 6.07) is 3.58. The van der Waals surface area contributed by atoms with Gasteiger partial charge in [-0.1, -0.05) is 41.7 Å². The summed E-state index contributed by atoms with van der Waals surface area (Å²) in [5.41, 5.74) is 2.50. The van der Waals surface area contributed by atoms with Crippen LogP contribution in [0.1, 0.15) is 19.0 Å². The second-order valence-electron chi connectivity index (χ2n) is 4.12. The number of nitrogens with one attached hydrogen (secondary N) is 1. The predicted octanol–water partition coefficient (Wildman–Crippen LogP) is 5.33. The van der Waals surface area contributed by atoms with Gasteiger partial charge in [0.2, 0.25) is 0 Å². The van der Waals surface area contributed by atoms with Crippen molar-refractivity contribution in [2.75, 3.05) is 11.9 Å². The second kappa shape index (κ2) is 5.52. The van der Waals surface area contributed by atoms with Crippen molar-refractivity contribution in [3.8, 4) is 0 Å². The molecule has 0 unspecified atom stereocenters. The largest absolute Gasteiger partial charge is 0.384 e. The third-order valence-electron chi connectivity index (χ3n) is 2.62.